The van der Waals surface area contributed by atoms with Crippen molar-refractivity contribution >= 4 is 6.21 Å². The van der Waals surface area contributed by atoms with Crippen molar-refractivity contribution in [3.8, 4) is 0 Å². The van der Waals surface area contributed by atoms with Crippen molar-refractivity contribution in [2.24, 2.45) is 11.1 Å². The summed E-state index contributed by atoms with van der Waals surface area (Å²) in [6, 6.07) is 0. The van der Waals surface area contributed by atoms with Gasteiger partial charge in [-0.15, -0.1) is 0 Å². The van der Waals surface area contributed by atoms with Gasteiger partial charge < -0.3 is 14.9 Å². The predicted octanol–water partition coefficient (Wildman–Crippen LogP) is -0.145. The molecule has 1 aliphatic heterocycles. The summed E-state index contributed by atoms with van der Waals surface area (Å²) in [5, 5.41) is 6.93. The van der Waals surface area contributed by atoms with Gasteiger partial charge in [-0.25, -0.2) is 0 Å². The average Bonchev–Trinajstić information content (AvgIpc) is 1.93. The van der Waals surface area contributed by atoms with Gasteiger partial charge in [0.1, 0.15) is 6.61 Å². The van der Waals surface area contributed by atoms with E-state index >= 15 is 0 Å². The molecule has 0 spiro atoms. The van der Waals surface area contributed by atoms with Gasteiger partial charge in [-0.1, -0.05) is 5.16 Å². The Morgan fingerprint density at radius 1 is 1.55 bits per heavy atom. The van der Waals surface area contributed by atoms with Crippen LogP contribution in [0.3, 0.4) is 0 Å². The highest BCUT2D eigenvalue weighted by Gasteiger charge is 2.13. The van der Waals surface area contributed by atoms with Crippen LogP contribution in [0.4, 0.5) is 0 Å². The molecule has 0 unspecified atom stereocenters. The molecule has 0 aromatic heterocycles. The molecule has 11 heavy (non-hydrogen) atoms. The van der Waals surface area contributed by atoms with Crippen molar-refractivity contribution in [1.82, 2.24) is 5.32 Å². The van der Waals surface area contributed by atoms with E-state index in [1.165, 1.54) is 0 Å². The summed E-state index contributed by atoms with van der Waals surface area (Å²) in [7, 11) is 1.64. The summed E-state index contributed by atoms with van der Waals surface area (Å²) in [6.07, 6.45) is 1.84. The van der Waals surface area contributed by atoms with Crippen molar-refractivity contribution < 1.29 is 9.57 Å². The van der Waals surface area contributed by atoms with Gasteiger partial charge in [-0.2, -0.15) is 0 Å². The highest BCUT2D eigenvalue weighted by molar-refractivity contribution is 5.61. The molecule has 0 bridgehead atoms. The van der Waals surface area contributed by atoms with Crippen LogP contribution >= 0.6 is 0 Å². The number of rotatable bonds is 5. The number of hydrogen-bond donors (Lipinski definition) is 1. The first kappa shape index (κ1) is 8.49. The molecular weight excluding hydrogens is 144 g/mol. The van der Waals surface area contributed by atoms with Crippen LogP contribution in [-0.4, -0.2) is 39.6 Å². The Balaban J connectivity index is 1.88. The Morgan fingerprint density at radius 3 is 2.91 bits per heavy atom. The third-order valence-corrected chi connectivity index (χ3v) is 1.54. The Hall–Kier alpha value is -0.610. The van der Waals surface area contributed by atoms with Crippen LogP contribution in [0.2, 0.25) is 0 Å². The summed E-state index contributed by atoms with van der Waals surface area (Å²) < 4.78 is 4.78. The van der Waals surface area contributed by atoms with Crippen LogP contribution in [0.5, 0.6) is 0 Å². The number of methoxy groups -OCH3 is 1. The standard InChI is InChI=1S/C7H14N2O2/c1-10-2-3-11-9-6-7-4-8-5-7/h6-8H,2-5H2,1H3. The quantitative estimate of drug-likeness (QED) is 0.344. The molecule has 1 fully saturated rings. The Morgan fingerprint density at radius 2 is 2.36 bits per heavy atom. The summed E-state index contributed by atoms with van der Waals surface area (Å²) in [6.45, 7) is 3.18. The summed E-state index contributed by atoms with van der Waals surface area (Å²) >= 11 is 0. The third-order valence-electron chi connectivity index (χ3n) is 1.54. The van der Waals surface area contributed by atoms with Crippen LogP contribution in [0, 0.1) is 5.92 Å². The number of nitrogens with one attached hydrogen (secondary N) is 1. The lowest BCUT2D eigenvalue weighted by atomic mass is 10.1. The van der Waals surface area contributed by atoms with Crippen LogP contribution < -0.4 is 5.32 Å². The highest BCUT2D eigenvalue weighted by atomic mass is 16.6. The van der Waals surface area contributed by atoms with Gasteiger partial charge in [-0.3, -0.25) is 0 Å². The molecule has 0 aromatic rings. The highest BCUT2D eigenvalue weighted by Crippen LogP contribution is 1.97. The van der Waals surface area contributed by atoms with Crippen molar-refractivity contribution in [3.05, 3.63) is 0 Å². The maximum absolute atomic E-state index is 4.90. The van der Waals surface area contributed by atoms with Crippen LogP contribution in [-0.2, 0) is 9.57 Å². The fraction of sp³-hybridized carbons (Fsp3) is 0.857. The van der Waals surface area contributed by atoms with Crippen molar-refractivity contribution in [3.63, 3.8) is 0 Å². The number of oxime groups is 1. The molecule has 1 saturated heterocycles. The van der Waals surface area contributed by atoms with E-state index in [1.54, 1.807) is 7.11 Å². The lowest BCUT2D eigenvalue weighted by Crippen LogP contribution is -2.42. The molecule has 64 valence electrons. The molecule has 0 amide bonds. The van der Waals surface area contributed by atoms with E-state index in [9.17, 15) is 0 Å². The molecule has 4 nitrogen and oxygen atoms in total. The Labute approximate surface area is 66.5 Å². The predicted molar refractivity (Wildman–Crippen MR) is 42.7 cm³/mol. The summed E-state index contributed by atoms with van der Waals surface area (Å²) in [5.74, 6) is 0.567. The van der Waals surface area contributed by atoms with E-state index in [0.717, 1.165) is 13.1 Å². The maximum atomic E-state index is 4.90. The monoisotopic (exact) mass is 158 g/mol. The second-order valence-corrected chi connectivity index (χ2v) is 2.50. The Bertz CT molecular complexity index is 124. The van der Waals surface area contributed by atoms with Crippen molar-refractivity contribution in [1.29, 1.82) is 0 Å². The minimum atomic E-state index is 0.535. The fourth-order valence-corrected chi connectivity index (χ4v) is 0.719. The van der Waals surface area contributed by atoms with Gasteiger partial charge in [0.05, 0.1) is 6.61 Å². The lowest BCUT2D eigenvalue weighted by molar-refractivity contribution is 0.0749. The average molecular weight is 158 g/mol. The summed E-state index contributed by atoms with van der Waals surface area (Å²) in [4.78, 5) is 4.90. The van der Waals surface area contributed by atoms with Gasteiger partial charge in [-0.05, 0) is 0 Å². The van der Waals surface area contributed by atoms with E-state index in [-0.39, 0.29) is 0 Å². The second kappa shape index (κ2) is 5.09. The molecule has 1 N–H and O–H groups in total. The van der Waals surface area contributed by atoms with Gasteiger partial charge in [0.2, 0.25) is 0 Å². The van der Waals surface area contributed by atoms with E-state index in [0.29, 0.717) is 19.1 Å². The summed E-state index contributed by atoms with van der Waals surface area (Å²) in [5.41, 5.74) is 0. The third kappa shape index (κ3) is 3.34. The zero-order chi connectivity index (χ0) is 7.94. The van der Waals surface area contributed by atoms with Gasteiger partial charge in [0, 0.05) is 32.3 Å². The molecule has 0 saturated carbocycles. The smallest absolute Gasteiger partial charge is 0.140 e. The SMILES string of the molecule is COCCON=CC1CNC1. The fourth-order valence-electron chi connectivity index (χ4n) is 0.719. The molecule has 4 heteroatoms. The maximum Gasteiger partial charge on any atom is 0.140 e. The number of nitrogens with zero attached hydrogens (tertiary/aromatic N) is 1. The lowest BCUT2D eigenvalue weighted by Gasteiger charge is -2.22. The van der Waals surface area contributed by atoms with E-state index in [4.69, 9.17) is 9.57 Å². The van der Waals surface area contributed by atoms with Gasteiger partial charge in [0.15, 0.2) is 0 Å². The van der Waals surface area contributed by atoms with Gasteiger partial charge >= 0.3 is 0 Å². The first-order chi connectivity index (χ1) is 5.43. The molecule has 0 aromatic carbocycles. The molecule has 1 rings (SSSR count). The molecule has 0 radical (unpaired) electrons. The van der Waals surface area contributed by atoms with Crippen LogP contribution in [0.15, 0.2) is 5.16 Å². The van der Waals surface area contributed by atoms with E-state index in [1.807, 2.05) is 6.21 Å². The number of hydrogen-bond acceptors (Lipinski definition) is 4. The van der Waals surface area contributed by atoms with Gasteiger partial charge in [0.25, 0.3) is 0 Å². The van der Waals surface area contributed by atoms with E-state index in [2.05, 4.69) is 10.5 Å². The minimum absolute atomic E-state index is 0.535. The zero-order valence-electron chi connectivity index (χ0n) is 6.75. The number of ether oxygens (including phenoxy) is 1. The van der Waals surface area contributed by atoms with Crippen LogP contribution in [0.25, 0.3) is 0 Å². The van der Waals surface area contributed by atoms with Crippen molar-refractivity contribution in [2.75, 3.05) is 33.4 Å². The normalized spacial score (nSPS) is 18.6. The molecular formula is C7H14N2O2. The minimum Gasteiger partial charge on any atom is -0.394 e. The first-order valence-electron chi connectivity index (χ1n) is 3.78. The Kier molecular flexibility index (Phi) is 3.93. The topological polar surface area (TPSA) is 42.9 Å². The van der Waals surface area contributed by atoms with E-state index < -0.39 is 0 Å². The van der Waals surface area contributed by atoms with Crippen LogP contribution in [0.1, 0.15) is 0 Å². The molecule has 1 heterocycles. The largest absolute Gasteiger partial charge is 0.394 e. The molecule has 0 aliphatic carbocycles. The van der Waals surface area contributed by atoms with Crippen molar-refractivity contribution in [2.45, 2.75) is 0 Å². The molecule has 0 atom stereocenters. The molecule has 1 aliphatic rings. The first-order valence-corrected chi connectivity index (χ1v) is 3.78. The second-order valence-electron chi connectivity index (χ2n) is 2.50. The zero-order valence-corrected chi connectivity index (χ0v) is 6.75.